The molecule has 0 atom stereocenters. The van der Waals surface area contributed by atoms with Crippen molar-refractivity contribution in [1.29, 1.82) is 5.26 Å². The van der Waals surface area contributed by atoms with Crippen molar-refractivity contribution in [1.82, 2.24) is 14.5 Å². The fourth-order valence-corrected chi connectivity index (χ4v) is 3.35. The van der Waals surface area contributed by atoms with Gasteiger partial charge in [0.2, 0.25) is 5.75 Å². The molecule has 0 saturated carbocycles. The van der Waals surface area contributed by atoms with Gasteiger partial charge in [0.25, 0.3) is 0 Å². The number of ether oxygens (including phenoxy) is 1. The van der Waals surface area contributed by atoms with Crippen LogP contribution >= 0.6 is 0 Å². The molecule has 2 aromatic heterocycles. The lowest BCUT2D eigenvalue weighted by Crippen LogP contribution is -1.99. The van der Waals surface area contributed by atoms with Crippen LogP contribution in [-0.2, 0) is 0 Å². The van der Waals surface area contributed by atoms with Crippen molar-refractivity contribution in [2.45, 2.75) is 13.8 Å². The number of nitriles is 1. The smallest absolute Gasteiger partial charge is 0.312 e. The van der Waals surface area contributed by atoms with Gasteiger partial charge in [0.15, 0.2) is 5.65 Å². The van der Waals surface area contributed by atoms with E-state index in [4.69, 9.17) is 15.7 Å². The van der Waals surface area contributed by atoms with Crippen LogP contribution < -0.4 is 10.5 Å². The highest BCUT2D eigenvalue weighted by molar-refractivity contribution is 5.92. The number of nitrogens with two attached hydrogens (primary N) is 1. The van der Waals surface area contributed by atoms with E-state index in [-0.39, 0.29) is 17.0 Å². The summed E-state index contributed by atoms with van der Waals surface area (Å²) in [7, 11) is 0. The molecule has 0 radical (unpaired) electrons. The zero-order chi connectivity index (χ0) is 21.4. The molecule has 0 spiro atoms. The molecule has 0 amide bonds. The Balaban J connectivity index is 1.71. The predicted molar refractivity (Wildman–Crippen MR) is 111 cm³/mol. The van der Waals surface area contributed by atoms with Crippen LogP contribution in [0.5, 0.6) is 11.5 Å². The Hall–Kier alpha value is -4.45. The summed E-state index contributed by atoms with van der Waals surface area (Å²) >= 11 is 0. The number of nitro groups is 1. The van der Waals surface area contributed by atoms with Crippen LogP contribution in [0.3, 0.4) is 0 Å². The molecule has 148 valence electrons. The van der Waals surface area contributed by atoms with Crippen LogP contribution in [0.4, 0.5) is 11.5 Å². The standard InChI is InChI=1S/C21H16N6O3/c1-12-13(2)26(21-19(12)20(23)24-11-25-21)15-4-6-16(7-5-15)30-18-8-3-14(10-22)9-17(18)27(28)29/h3-9,11H,1-2H3,(H2,23,24,25). The number of nitrogens with zero attached hydrogens (tertiary/aromatic N) is 5. The van der Waals surface area contributed by atoms with Crippen molar-refractivity contribution in [3.05, 3.63) is 75.7 Å². The van der Waals surface area contributed by atoms with Gasteiger partial charge in [-0.2, -0.15) is 5.26 Å². The first kappa shape index (κ1) is 18.9. The number of fused-ring (bicyclic) bond motifs is 1. The molecule has 0 aliphatic heterocycles. The quantitative estimate of drug-likeness (QED) is 0.401. The summed E-state index contributed by atoms with van der Waals surface area (Å²) in [6.45, 7) is 3.94. The van der Waals surface area contributed by atoms with Crippen LogP contribution in [0, 0.1) is 35.3 Å². The summed E-state index contributed by atoms with van der Waals surface area (Å²) in [5, 5.41) is 21.1. The average molecular weight is 400 g/mol. The molecule has 2 heterocycles. The van der Waals surface area contributed by atoms with Crippen molar-refractivity contribution in [2.24, 2.45) is 0 Å². The molecule has 30 heavy (non-hydrogen) atoms. The number of anilines is 1. The third-order valence-corrected chi connectivity index (χ3v) is 4.93. The van der Waals surface area contributed by atoms with E-state index in [0.29, 0.717) is 17.2 Å². The van der Waals surface area contributed by atoms with Crippen molar-refractivity contribution >= 4 is 22.5 Å². The Morgan fingerprint density at radius 2 is 1.90 bits per heavy atom. The Morgan fingerprint density at radius 1 is 1.17 bits per heavy atom. The fourth-order valence-electron chi connectivity index (χ4n) is 3.35. The van der Waals surface area contributed by atoms with Gasteiger partial charge < -0.3 is 10.5 Å². The number of benzene rings is 2. The number of aryl methyl sites for hydroxylation is 1. The number of rotatable bonds is 4. The molecule has 0 fully saturated rings. The monoisotopic (exact) mass is 400 g/mol. The van der Waals surface area contributed by atoms with E-state index in [2.05, 4.69) is 9.97 Å². The second-order valence-electron chi connectivity index (χ2n) is 6.65. The van der Waals surface area contributed by atoms with Crippen LogP contribution in [0.15, 0.2) is 48.8 Å². The molecular formula is C21H16N6O3. The minimum atomic E-state index is -0.577. The van der Waals surface area contributed by atoms with Crippen LogP contribution in [0.2, 0.25) is 0 Å². The van der Waals surface area contributed by atoms with Gasteiger partial charge in [-0.3, -0.25) is 14.7 Å². The summed E-state index contributed by atoms with van der Waals surface area (Å²) in [5.74, 6) is 0.907. The normalized spacial score (nSPS) is 10.7. The van der Waals surface area contributed by atoms with Gasteiger partial charge in [0.05, 0.1) is 21.9 Å². The van der Waals surface area contributed by atoms with Gasteiger partial charge in [-0.25, -0.2) is 9.97 Å². The van der Waals surface area contributed by atoms with Crippen LogP contribution in [0.1, 0.15) is 16.8 Å². The van der Waals surface area contributed by atoms with Crippen LogP contribution in [0.25, 0.3) is 16.7 Å². The van der Waals surface area contributed by atoms with Crippen molar-refractivity contribution in [3.8, 4) is 23.3 Å². The Labute approximate surface area is 171 Å². The maximum Gasteiger partial charge on any atom is 0.312 e. The summed E-state index contributed by atoms with van der Waals surface area (Å²) in [4.78, 5) is 19.2. The second-order valence-corrected chi connectivity index (χ2v) is 6.65. The van der Waals surface area contributed by atoms with E-state index in [9.17, 15) is 10.1 Å². The lowest BCUT2D eigenvalue weighted by atomic mass is 10.2. The summed E-state index contributed by atoms with van der Waals surface area (Å²) in [6, 6.07) is 13.0. The van der Waals surface area contributed by atoms with Gasteiger partial charge in [0, 0.05) is 17.4 Å². The molecule has 0 bridgehead atoms. The molecule has 9 heteroatoms. The third-order valence-electron chi connectivity index (χ3n) is 4.93. The van der Waals surface area contributed by atoms with E-state index < -0.39 is 4.92 Å². The molecular weight excluding hydrogens is 384 g/mol. The fraction of sp³-hybridized carbons (Fsp3) is 0.0952. The summed E-state index contributed by atoms with van der Waals surface area (Å²) < 4.78 is 7.67. The molecule has 4 aromatic rings. The van der Waals surface area contributed by atoms with Gasteiger partial charge in [-0.1, -0.05) is 0 Å². The van der Waals surface area contributed by atoms with Crippen molar-refractivity contribution in [2.75, 3.05) is 5.73 Å². The maximum atomic E-state index is 11.3. The molecule has 0 aliphatic rings. The zero-order valence-corrected chi connectivity index (χ0v) is 16.2. The molecule has 2 aromatic carbocycles. The highest BCUT2D eigenvalue weighted by Gasteiger charge is 2.18. The van der Waals surface area contributed by atoms with Gasteiger partial charge >= 0.3 is 5.69 Å². The lowest BCUT2D eigenvalue weighted by molar-refractivity contribution is -0.385. The first-order valence-corrected chi connectivity index (χ1v) is 8.95. The third kappa shape index (κ3) is 3.06. The number of hydrogen-bond acceptors (Lipinski definition) is 7. The Kier molecular flexibility index (Phi) is 4.52. The highest BCUT2D eigenvalue weighted by atomic mass is 16.6. The largest absolute Gasteiger partial charge is 0.450 e. The number of aromatic nitrogens is 3. The lowest BCUT2D eigenvalue weighted by Gasteiger charge is -2.10. The van der Waals surface area contributed by atoms with E-state index in [1.807, 2.05) is 36.6 Å². The number of nitro benzene ring substituents is 1. The van der Waals surface area contributed by atoms with Crippen molar-refractivity contribution < 1.29 is 9.66 Å². The summed E-state index contributed by atoms with van der Waals surface area (Å²) in [6.07, 6.45) is 1.43. The molecule has 0 aliphatic carbocycles. The minimum Gasteiger partial charge on any atom is -0.450 e. The topological polar surface area (TPSA) is 133 Å². The second kappa shape index (κ2) is 7.18. The van der Waals surface area contributed by atoms with Crippen molar-refractivity contribution in [3.63, 3.8) is 0 Å². The van der Waals surface area contributed by atoms with Gasteiger partial charge in [0.1, 0.15) is 17.9 Å². The SMILES string of the molecule is Cc1c(C)n(-c2ccc(Oc3ccc(C#N)cc3[N+](=O)[O-])cc2)c2ncnc(N)c12. The summed E-state index contributed by atoms with van der Waals surface area (Å²) in [5.41, 5.74) is 9.47. The zero-order valence-electron chi connectivity index (χ0n) is 16.2. The molecule has 9 nitrogen and oxygen atoms in total. The molecule has 2 N–H and O–H groups in total. The first-order valence-electron chi connectivity index (χ1n) is 8.95. The van der Waals surface area contributed by atoms with E-state index >= 15 is 0 Å². The van der Waals surface area contributed by atoms with E-state index in [1.54, 1.807) is 12.1 Å². The van der Waals surface area contributed by atoms with Gasteiger partial charge in [-0.05, 0) is 55.8 Å². The number of hydrogen-bond donors (Lipinski definition) is 1. The first-order chi connectivity index (χ1) is 14.4. The Bertz CT molecular complexity index is 1340. The van der Waals surface area contributed by atoms with E-state index in [1.165, 1.54) is 24.5 Å². The average Bonchev–Trinajstić information content (AvgIpc) is 3.00. The maximum absolute atomic E-state index is 11.3. The van der Waals surface area contributed by atoms with Gasteiger partial charge in [-0.15, -0.1) is 0 Å². The molecule has 4 rings (SSSR count). The van der Waals surface area contributed by atoms with E-state index in [0.717, 1.165) is 22.3 Å². The van der Waals surface area contributed by atoms with Crippen LogP contribution in [-0.4, -0.2) is 19.5 Å². The highest BCUT2D eigenvalue weighted by Crippen LogP contribution is 2.34. The number of nitrogen functional groups attached to an aromatic ring is 1. The molecule has 0 saturated heterocycles. The predicted octanol–water partition coefficient (Wildman–Crippen LogP) is 4.19. The Morgan fingerprint density at radius 3 is 2.57 bits per heavy atom. The minimum absolute atomic E-state index is 0.0608. The molecule has 0 unspecified atom stereocenters.